The lowest BCUT2D eigenvalue weighted by Crippen LogP contribution is -2.07. The molecule has 0 amide bonds. The van der Waals surface area contributed by atoms with Crippen molar-refractivity contribution < 1.29 is 14.5 Å². The maximum absolute atomic E-state index is 11.9. The second-order valence-electron chi connectivity index (χ2n) is 6.77. The Morgan fingerprint density at radius 3 is 2.00 bits per heavy atom. The predicted octanol–water partition coefficient (Wildman–Crippen LogP) is 6.67. The van der Waals surface area contributed by atoms with E-state index in [1.165, 1.54) is 24.3 Å². The Bertz CT molecular complexity index is 884. The second-order valence-corrected chi connectivity index (χ2v) is 6.77. The molecule has 2 rings (SSSR count). The Morgan fingerprint density at radius 2 is 1.43 bits per heavy atom. The first-order valence-electron chi connectivity index (χ1n) is 9.99. The zero-order valence-corrected chi connectivity index (χ0v) is 16.8. The Balaban J connectivity index is 1.70. The van der Waals surface area contributed by atoms with Crippen molar-refractivity contribution in [3.05, 3.63) is 58.6 Å². The summed E-state index contributed by atoms with van der Waals surface area (Å²) in [6.45, 7) is 0. The Morgan fingerprint density at radius 1 is 0.900 bits per heavy atom. The summed E-state index contributed by atoms with van der Waals surface area (Å²) in [5, 5.41) is 18.7. The van der Waals surface area contributed by atoms with Crippen LogP contribution in [0.4, 0.5) is 17.1 Å². The second kappa shape index (κ2) is 12.8. The van der Waals surface area contributed by atoms with Crippen LogP contribution in [0.2, 0.25) is 0 Å². The van der Waals surface area contributed by atoms with E-state index in [-0.39, 0.29) is 11.7 Å². The van der Waals surface area contributed by atoms with Gasteiger partial charge in [-0.2, -0.15) is 10.2 Å². The largest absolute Gasteiger partial charge is 0.427 e. The number of terminal acetylenes is 1. The maximum atomic E-state index is 11.9. The van der Waals surface area contributed by atoms with E-state index in [0.29, 0.717) is 23.5 Å². The number of ether oxygens (including phenoxy) is 1. The molecular weight excluding hydrogens is 382 g/mol. The van der Waals surface area contributed by atoms with E-state index in [1.807, 2.05) is 0 Å². The van der Waals surface area contributed by atoms with Gasteiger partial charge in [0.05, 0.1) is 16.3 Å². The lowest BCUT2D eigenvalue weighted by Gasteiger charge is -2.04. The van der Waals surface area contributed by atoms with E-state index in [0.717, 1.165) is 44.9 Å². The third-order valence-electron chi connectivity index (χ3n) is 4.36. The molecule has 0 radical (unpaired) electrons. The molecule has 0 heterocycles. The SMILES string of the molecule is C#CCCCCCCCCC(=O)Oc1ccc(N=Nc2ccc([N+](=O)[O-])cc2)cc1. The molecule has 0 fully saturated rings. The van der Waals surface area contributed by atoms with Gasteiger partial charge in [-0.15, -0.1) is 12.3 Å². The summed E-state index contributed by atoms with van der Waals surface area (Å²) >= 11 is 0. The molecule has 0 aromatic heterocycles. The molecule has 7 heteroatoms. The molecular formula is C23H25N3O4. The molecule has 0 aliphatic rings. The van der Waals surface area contributed by atoms with Gasteiger partial charge in [-0.05, 0) is 49.2 Å². The fraction of sp³-hybridized carbons (Fsp3) is 0.348. The molecule has 2 aromatic rings. The highest BCUT2D eigenvalue weighted by atomic mass is 16.6. The topological polar surface area (TPSA) is 94.2 Å². The van der Waals surface area contributed by atoms with E-state index in [2.05, 4.69) is 16.1 Å². The fourth-order valence-corrected chi connectivity index (χ4v) is 2.72. The van der Waals surface area contributed by atoms with Crippen molar-refractivity contribution in [2.24, 2.45) is 10.2 Å². The minimum atomic E-state index is -0.469. The minimum Gasteiger partial charge on any atom is -0.427 e. The van der Waals surface area contributed by atoms with Crippen LogP contribution in [0.25, 0.3) is 0 Å². The number of carbonyl (C=O) groups excluding carboxylic acids is 1. The first kappa shape index (κ1) is 22.8. The highest BCUT2D eigenvalue weighted by Crippen LogP contribution is 2.23. The number of unbranched alkanes of at least 4 members (excludes halogenated alkanes) is 6. The van der Waals surface area contributed by atoms with Crippen molar-refractivity contribution in [1.29, 1.82) is 0 Å². The smallest absolute Gasteiger partial charge is 0.311 e. The lowest BCUT2D eigenvalue weighted by molar-refractivity contribution is -0.384. The molecule has 0 aliphatic carbocycles. The van der Waals surface area contributed by atoms with Crippen LogP contribution in [0.1, 0.15) is 51.4 Å². The number of nitro groups is 1. The number of benzene rings is 2. The van der Waals surface area contributed by atoms with Crippen LogP contribution in [0.5, 0.6) is 5.75 Å². The molecule has 0 spiro atoms. The van der Waals surface area contributed by atoms with Crippen LogP contribution in [0, 0.1) is 22.5 Å². The highest BCUT2D eigenvalue weighted by Gasteiger charge is 2.05. The number of non-ortho nitro benzene ring substituents is 1. The van der Waals surface area contributed by atoms with Crippen molar-refractivity contribution >= 4 is 23.0 Å². The maximum Gasteiger partial charge on any atom is 0.311 e. The van der Waals surface area contributed by atoms with Crippen LogP contribution in [-0.2, 0) is 4.79 Å². The van der Waals surface area contributed by atoms with Gasteiger partial charge in [0, 0.05) is 25.0 Å². The quantitative estimate of drug-likeness (QED) is 0.0746. The zero-order valence-electron chi connectivity index (χ0n) is 16.8. The molecule has 30 heavy (non-hydrogen) atoms. The summed E-state index contributed by atoms with van der Waals surface area (Å²) in [5.74, 6) is 2.85. The van der Waals surface area contributed by atoms with Gasteiger partial charge in [0.25, 0.3) is 5.69 Å². The number of nitrogens with zero attached hydrogens (tertiary/aromatic N) is 3. The number of carbonyl (C=O) groups is 1. The van der Waals surface area contributed by atoms with Gasteiger partial charge >= 0.3 is 5.97 Å². The van der Waals surface area contributed by atoms with Gasteiger partial charge in [0.1, 0.15) is 5.75 Å². The summed E-state index contributed by atoms with van der Waals surface area (Å²) in [7, 11) is 0. The molecule has 156 valence electrons. The number of esters is 1. The molecule has 2 aromatic carbocycles. The molecule has 0 saturated heterocycles. The van der Waals surface area contributed by atoms with E-state index in [9.17, 15) is 14.9 Å². The van der Waals surface area contributed by atoms with Crippen LogP contribution < -0.4 is 4.74 Å². The Labute approximate surface area is 176 Å². The summed E-state index contributed by atoms with van der Waals surface area (Å²) in [5.41, 5.74) is 1.09. The van der Waals surface area contributed by atoms with Crippen molar-refractivity contribution in [1.82, 2.24) is 0 Å². The number of nitro benzene ring substituents is 1. The summed E-state index contributed by atoms with van der Waals surface area (Å²) in [6, 6.07) is 12.5. The van der Waals surface area contributed by atoms with Crippen LogP contribution in [-0.4, -0.2) is 10.9 Å². The van der Waals surface area contributed by atoms with Crippen molar-refractivity contribution in [2.75, 3.05) is 0 Å². The Kier molecular flexibility index (Phi) is 9.74. The van der Waals surface area contributed by atoms with E-state index in [4.69, 9.17) is 11.2 Å². The average Bonchev–Trinajstić information content (AvgIpc) is 2.75. The minimum absolute atomic E-state index is 0.000167. The first-order chi connectivity index (χ1) is 14.6. The third-order valence-corrected chi connectivity index (χ3v) is 4.36. The van der Waals surface area contributed by atoms with Gasteiger partial charge in [-0.3, -0.25) is 14.9 Å². The van der Waals surface area contributed by atoms with Gasteiger partial charge in [-0.1, -0.05) is 25.7 Å². The van der Waals surface area contributed by atoms with Crippen LogP contribution >= 0.6 is 0 Å². The van der Waals surface area contributed by atoms with E-state index < -0.39 is 4.92 Å². The van der Waals surface area contributed by atoms with Crippen LogP contribution in [0.3, 0.4) is 0 Å². The van der Waals surface area contributed by atoms with Gasteiger partial charge < -0.3 is 4.74 Å². The highest BCUT2D eigenvalue weighted by molar-refractivity contribution is 5.72. The van der Waals surface area contributed by atoms with E-state index >= 15 is 0 Å². The number of hydrogen-bond donors (Lipinski definition) is 0. The number of azo groups is 1. The zero-order chi connectivity index (χ0) is 21.6. The number of hydrogen-bond acceptors (Lipinski definition) is 6. The van der Waals surface area contributed by atoms with Gasteiger partial charge in [0.2, 0.25) is 0 Å². The summed E-state index contributed by atoms with van der Waals surface area (Å²) in [4.78, 5) is 22.1. The molecule has 0 atom stereocenters. The molecule has 0 bridgehead atoms. The first-order valence-corrected chi connectivity index (χ1v) is 9.99. The van der Waals surface area contributed by atoms with E-state index in [1.54, 1.807) is 24.3 Å². The molecule has 0 unspecified atom stereocenters. The summed E-state index contributed by atoms with van der Waals surface area (Å²) in [6.07, 6.45) is 12.7. The van der Waals surface area contributed by atoms with Crippen molar-refractivity contribution in [3.63, 3.8) is 0 Å². The van der Waals surface area contributed by atoms with Crippen molar-refractivity contribution in [3.8, 4) is 18.1 Å². The number of rotatable bonds is 12. The predicted molar refractivity (Wildman–Crippen MR) is 115 cm³/mol. The normalized spacial score (nSPS) is 10.6. The summed E-state index contributed by atoms with van der Waals surface area (Å²) < 4.78 is 5.33. The fourth-order valence-electron chi connectivity index (χ4n) is 2.72. The monoisotopic (exact) mass is 407 g/mol. The van der Waals surface area contributed by atoms with Gasteiger partial charge in [-0.25, -0.2) is 0 Å². The van der Waals surface area contributed by atoms with Crippen LogP contribution in [0.15, 0.2) is 58.8 Å². The third kappa shape index (κ3) is 8.65. The average molecular weight is 407 g/mol. The van der Waals surface area contributed by atoms with Gasteiger partial charge in [0.15, 0.2) is 0 Å². The molecule has 7 nitrogen and oxygen atoms in total. The molecule has 0 N–H and O–H groups in total. The Hall–Kier alpha value is -3.53. The lowest BCUT2D eigenvalue weighted by atomic mass is 10.1. The van der Waals surface area contributed by atoms with Crippen molar-refractivity contribution in [2.45, 2.75) is 51.4 Å². The molecule has 0 aliphatic heterocycles. The molecule has 0 saturated carbocycles. The standard InChI is InChI=1S/C23H25N3O4/c1-2-3-4-5-6-7-8-9-10-23(27)30-22-17-13-20(14-18-22)25-24-19-11-15-21(16-12-19)26(28)29/h1,11-18H,3-10H2.